The maximum atomic E-state index is 12.9. The molecule has 3 N–H and O–H groups in total. The van der Waals surface area contributed by atoms with E-state index < -0.39 is 35.5 Å². The molecular weight excluding hydrogens is 677 g/mol. The number of hydrogen-bond donors (Lipinski definition) is 3. The molecule has 0 spiro atoms. The first-order valence-corrected chi connectivity index (χ1v) is 19.4. The van der Waals surface area contributed by atoms with Crippen LogP contribution in [0, 0.1) is 41.4 Å². The number of aliphatic carboxylic acids is 1. The van der Waals surface area contributed by atoms with Crippen LogP contribution in [0.15, 0.2) is 24.0 Å². The molecule has 0 aromatic heterocycles. The first-order chi connectivity index (χ1) is 23.2. The van der Waals surface area contributed by atoms with Gasteiger partial charge >= 0.3 is 37.7 Å². The molecule has 2 fully saturated rings. The number of ketones is 1. The molecule has 51 heavy (non-hydrogen) atoms. The average Bonchev–Trinajstić information content (AvgIpc) is 3.63. The predicted octanol–water partition coefficient (Wildman–Crippen LogP) is 4.89. The summed E-state index contributed by atoms with van der Waals surface area (Å²) in [6.07, 6.45) is 10.2. The van der Waals surface area contributed by atoms with E-state index in [2.05, 4.69) is 20.8 Å². The third-order valence-corrected chi connectivity index (χ3v) is 11.9. The fourth-order valence-electron chi connectivity index (χ4n) is 8.00. The number of hydrogen-bond acceptors (Lipinski definition) is 9. The Hall–Kier alpha value is -0.520. The van der Waals surface area contributed by atoms with E-state index in [1.807, 2.05) is 53.7 Å². The van der Waals surface area contributed by atoms with Gasteiger partial charge in [-0.05, 0) is 121 Å². The molecule has 0 amide bonds. The minimum Gasteiger partial charge on any atom is -0.875 e. The van der Waals surface area contributed by atoms with Gasteiger partial charge in [0.25, 0.3) is 0 Å². The SMILES string of the molecule is C[C@H](CC=C[C@H](C)[C@H](O)[C@H](C)[C@@H](O)C[C@H]1CC[C@](C)([C@H]2CC[C@@](C)([C@@H](C)O)O2)O1)C[C@@H](C)C([O-])=CC(=O)[C@@H](C)C[C@@H](C)C[C@@H](C)CCC(=O)[O-].[Ca+2]. The van der Waals surface area contributed by atoms with Gasteiger partial charge in [-0.15, -0.1) is 5.76 Å². The Balaban J connectivity index is 0.0000130. The summed E-state index contributed by atoms with van der Waals surface area (Å²) in [4.78, 5) is 23.5. The molecule has 0 aliphatic carbocycles. The van der Waals surface area contributed by atoms with E-state index in [9.17, 15) is 35.1 Å². The average molecular weight is 747 g/mol. The van der Waals surface area contributed by atoms with Crippen LogP contribution in [-0.2, 0) is 19.1 Å². The fourth-order valence-corrected chi connectivity index (χ4v) is 8.00. The summed E-state index contributed by atoms with van der Waals surface area (Å²) in [7, 11) is 0. The van der Waals surface area contributed by atoms with Crippen LogP contribution in [0.1, 0.15) is 140 Å². The van der Waals surface area contributed by atoms with Crippen LogP contribution in [0.25, 0.3) is 0 Å². The smallest absolute Gasteiger partial charge is 0.875 e. The molecule has 0 aromatic carbocycles. The van der Waals surface area contributed by atoms with Crippen molar-refractivity contribution < 1.29 is 44.6 Å². The first-order valence-electron chi connectivity index (χ1n) is 19.4. The molecule has 10 heteroatoms. The van der Waals surface area contributed by atoms with Crippen LogP contribution in [0.5, 0.6) is 0 Å². The number of ether oxygens (including phenoxy) is 2. The number of aliphatic hydroxyl groups excluding tert-OH is 3. The Labute approximate surface area is 339 Å². The maximum absolute atomic E-state index is 12.9. The standard InChI is InChI=1S/C41H72O9.Ca/c1-25(21-29(5)34(43)24-35(44)30(6)22-27(3)20-26(2)14-15-38(46)47)12-11-13-28(4)39(48)31(7)36(45)23-33-16-18-41(10,49-33)37-17-19-40(9,50-37)32(8)42;/h11,13,24-33,36-37,39,42-43,45,48H,12,14-23H2,1-10H3,(H,46,47);/q;+2/p-2/t25-,26+,27+,28+,29-,30+,31-,32-,33-,36+,37-,39+,40+,41-;/m1./s1. The molecule has 0 aromatic rings. The van der Waals surface area contributed by atoms with Crippen LogP contribution in [0.3, 0.4) is 0 Å². The maximum Gasteiger partial charge on any atom is 2.00 e. The zero-order valence-corrected chi connectivity index (χ0v) is 35.6. The van der Waals surface area contributed by atoms with Gasteiger partial charge in [0.15, 0.2) is 5.78 Å². The van der Waals surface area contributed by atoms with Crippen LogP contribution in [0.2, 0.25) is 0 Å². The molecule has 290 valence electrons. The van der Waals surface area contributed by atoms with Gasteiger partial charge in [0.1, 0.15) is 0 Å². The molecule has 9 nitrogen and oxygen atoms in total. The number of allylic oxidation sites excluding steroid dienone is 3. The molecule has 2 rings (SSSR count). The molecule has 2 aliphatic heterocycles. The van der Waals surface area contributed by atoms with Crippen molar-refractivity contribution in [2.45, 2.75) is 182 Å². The van der Waals surface area contributed by atoms with Crippen molar-refractivity contribution in [2.24, 2.45) is 41.4 Å². The molecule has 0 unspecified atom stereocenters. The van der Waals surface area contributed by atoms with Crippen LogP contribution in [-0.4, -0.2) is 107 Å². The number of carbonyl (C=O) groups excluding carboxylic acids is 2. The van der Waals surface area contributed by atoms with Crippen LogP contribution in [0.4, 0.5) is 0 Å². The Morgan fingerprint density at radius 1 is 0.843 bits per heavy atom. The number of carboxylic acids is 1. The fraction of sp³-hybridized carbons (Fsp3) is 0.854. The second-order valence-electron chi connectivity index (χ2n) is 17.1. The van der Waals surface area contributed by atoms with E-state index in [4.69, 9.17) is 9.47 Å². The quantitative estimate of drug-likeness (QED) is 0.0607. The number of carboxylic acid groups (broad SMARTS) is 1. The summed E-state index contributed by atoms with van der Waals surface area (Å²) in [5, 5.41) is 55.9. The zero-order chi connectivity index (χ0) is 38.0. The largest absolute Gasteiger partial charge is 2.00 e. The van der Waals surface area contributed by atoms with E-state index in [0.29, 0.717) is 25.7 Å². The van der Waals surface area contributed by atoms with Crippen molar-refractivity contribution in [1.82, 2.24) is 0 Å². The number of carbonyl (C=O) groups is 2. The van der Waals surface area contributed by atoms with Gasteiger partial charge in [0.05, 0.1) is 41.7 Å². The first kappa shape index (κ1) is 48.5. The molecular formula is C41H70CaO9. The Kier molecular flexibility index (Phi) is 21.1. The molecule has 0 bridgehead atoms. The van der Waals surface area contributed by atoms with Gasteiger partial charge in [-0.25, -0.2) is 0 Å². The van der Waals surface area contributed by atoms with Crippen molar-refractivity contribution in [3.05, 3.63) is 24.0 Å². The normalized spacial score (nSPS) is 30.1. The predicted molar refractivity (Wildman–Crippen MR) is 198 cm³/mol. The summed E-state index contributed by atoms with van der Waals surface area (Å²) < 4.78 is 12.7. The number of aliphatic hydroxyl groups is 3. The zero-order valence-electron chi connectivity index (χ0n) is 33.4. The Morgan fingerprint density at radius 2 is 1.47 bits per heavy atom. The number of rotatable bonds is 22. The van der Waals surface area contributed by atoms with Crippen molar-refractivity contribution in [1.29, 1.82) is 0 Å². The van der Waals surface area contributed by atoms with E-state index in [-0.39, 0.29) is 109 Å². The van der Waals surface area contributed by atoms with Crippen LogP contribution < -0.4 is 10.2 Å². The summed E-state index contributed by atoms with van der Waals surface area (Å²) in [6, 6.07) is 0. The van der Waals surface area contributed by atoms with Gasteiger partial charge in [-0.3, -0.25) is 4.79 Å². The van der Waals surface area contributed by atoms with Gasteiger partial charge in [0, 0.05) is 23.7 Å². The van der Waals surface area contributed by atoms with E-state index >= 15 is 0 Å². The van der Waals surface area contributed by atoms with Crippen molar-refractivity contribution >= 4 is 49.5 Å². The molecule has 14 atom stereocenters. The van der Waals surface area contributed by atoms with E-state index in [0.717, 1.165) is 38.5 Å². The Morgan fingerprint density at radius 3 is 2.06 bits per heavy atom. The van der Waals surface area contributed by atoms with Gasteiger partial charge in [-0.1, -0.05) is 60.6 Å². The summed E-state index contributed by atoms with van der Waals surface area (Å²) in [5.41, 5.74) is -1.02. The van der Waals surface area contributed by atoms with Gasteiger partial charge < -0.3 is 39.8 Å². The topological polar surface area (TPSA) is 159 Å². The third-order valence-electron chi connectivity index (χ3n) is 11.9. The molecule has 0 radical (unpaired) electrons. The third kappa shape index (κ3) is 15.6. The molecule has 2 aliphatic rings. The summed E-state index contributed by atoms with van der Waals surface area (Å²) in [5.74, 6) is -1.73. The summed E-state index contributed by atoms with van der Waals surface area (Å²) in [6.45, 7) is 19.4. The van der Waals surface area contributed by atoms with E-state index in [1.54, 1.807) is 6.92 Å². The van der Waals surface area contributed by atoms with Crippen molar-refractivity contribution in [2.75, 3.05) is 0 Å². The monoisotopic (exact) mass is 746 g/mol. The van der Waals surface area contributed by atoms with Crippen molar-refractivity contribution in [3.8, 4) is 0 Å². The second-order valence-corrected chi connectivity index (χ2v) is 17.1. The molecule has 2 saturated heterocycles. The Bertz CT molecular complexity index is 1130. The molecule has 0 saturated carbocycles. The minimum atomic E-state index is -1.04. The minimum absolute atomic E-state index is 0. The summed E-state index contributed by atoms with van der Waals surface area (Å²) >= 11 is 0. The van der Waals surface area contributed by atoms with Crippen LogP contribution >= 0.6 is 0 Å². The van der Waals surface area contributed by atoms with Crippen molar-refractivity contribution in [3.63, 3.8) is 0 Å². The van der Waals surface area contributed by atoms with E-state index in [1.165, 1.54) is 6.08 Å². The van der Waals surface area contributed by atoms with Gasteiger partial charge in [-0.2, -0.15) is 0 Å². The molecule has 2 heterocycles. The second kappa shape index (κ2) is 22.1. The van der Waals surface area contributed by atoms with Gasteiger partial charge in [0.2, 0.25) is 0 Å².